The quantitative estimate of drug-likeness (QED) is 0.864. The Morgan fingerprint density at radius 3 is 2.65 bits per heavy atom. The highest BCUT2D eigenvalue weighted by Gasteiger charge is 2.43. The van der Waals surface area contributed by atoms with E-state index in [2.05, 4.69) is 28.7 Å². The first-order valence-corrected chi connectivity index (χ1v) is 9.25. The second kappa shape index (κ2) is 6.78. The predicted octanol–water partition coefficient (Wildman–Crippen LogP) is 2.64. The molecule has 7 nitrogen and oxygen atoms in total. The van der Waals surface area contributed by atoms with Crippen LogP contribution in [0.1, 0.15) is 63.8 Å². The molecule has 3 heterocycles. The van der Waals surface area contributed by atoms with E-state index in [1.54, 1.807) is 0 Å². The Morgan fingerprint density at radius 1 is 1.31 bits per heavy atom. The zero-order chi connectivity index (χ0) is 19.1. The van der Waals surface area contributed by atoms with Gasteiger partial charge in [0.05, 0.1) is 23.5 Å². The van der Waals surface area contributed by atoms with Crippen molar-refractivity contribution in [2.24, 2.45) is 0 Å². The van der Waals surface area contributed by atoms with Crippen LogP contribution in [0, 0.1) is 0 Å². The van der Waals surface area contributed by atoms with Crippen LogP contribution < -0.4 is 4.90 Å². The minimum Gasteiger partial charge on any atom is -0.475 e. The number of ether oxygens (including phenoxy) is 2. The Morgan fingerprint density at radius 2 is 2.04 bits per heavy atom. The average molecular weight is 363 g/mol. The summed E-state index contributed by atoms with van der Waals surface area (Å²) >= 11 is 0. The van der Waals surface area contributed by atoms with Gasteiger partial charge < -0.3 is 19.5 Å². The van der Waals surface area contributed by atoms with Gasteiger partial charge in [-0.05, 0) is 13.8 Å². The molecule has 3 unspecified atom stereocenters. The fraction of sp³-hybridized carbons (Fsp3) is 0.737. The smallest absolute Gasteiger partial charge is 0.374 e. The maximum absolute atomic E-state index is 11.5. The molecular formula is C19H29N3O4. The largest absolute Gasteiger partial charge is 0.475 e. The number of hydrogen-bond donors (Lipinski definition) is 1. The molecule has 0 radical (unpaired) electrons. The molecule has 1 aromatic heterocycles. The topological polar surface area (TPSA) is 84.8 Å². The minimum atomic E-state index is -1.10. The van der Waals surface area contributed by atoms with Gasteiger partial charge >= 0.3 is 5.97 Å². The third-order valence-electron chi connectivity index (χ3n) is 5.02. The van der Waals surface area contributed by atoms with Crippen molar-refractivity contribution in [2.45, 2.75) is 70.7 Å². The molecule has 0 amide bonds. The summed E-state index contributed by atoms with van der Waals surface area (Å²) in [6.07, 6.45) is 1.86. The number of aromatic nitrogens is 2. The van der Waals surface area contributed by atoms with Crippen LogP contribution in [-0.2, 0) is 14.9 Å². The molecule has 0 saturated carbocycles. The summed E-state index contributed by atoms with van der Waals surface area (Å²) in [7, 11) is 0. The van der Waals surface area contributed by atoms with Crippen LogP contribution in [0.2, 0.25) is 0 Å². The van der Waals surface area contributed by atoms with Crippen LogP contribution in [0.5, 0.6) is 0 Å². The van der Waals surface area contributed by atoms with Crippen molar-refractivity contribution < 1.29 is 19.4 Å². The Balaban J connectivity index is 1.96. The molecule has 0 bridgehead atoms. The maximum Gasteiger partial charge on any atom is 0.374 e. The van der Waals surface area contributed by atoms with E-state index in [9.17, 15) is 9.90 Å². The van der Waals surface area contributed by atoms with E-state index in [-0.39, 0.29) is 29.0 Å². The zero-order valence-corrected chi connectivity index (χ0v) is 16.3. The van der Waals surface area contributed by atoms with Crippen LogP contribution in [0.25, 0.3) is 0 Å². The lowest BCUT2D eigenvalue weighted by Gasteiger charge is -2.49. The third kappa shape index (κ3) is 3.99. The van der Waals surface area contributed by atoms with Gasteiger partial charge in [-0.1, -0.05) is 20.8 Å². The summed E-state index contributed by atoms with van der Waals surface area (Å²) in [5.74, 6) is -0.593. The van der Waals surface area contributed by atoms with Crippen LogP contribution >= 0.6 is 0 Å². The van der Waals surface area contributed by atoms with E-state index < -0.39 is 5.97 Å². The van der Waals surface area contributed by atoms with E-state index in [1.165, 1.54) is 0 Å². The van der Waals surface area contributed by atoms with Crippen LogP contribution in [0.3, 0.4) is 0 Å². The summed E-state index contributed by atoms with van der Waals surface area (Å²) < 4.78 is 12.0. The standard InChI is InChI=1S/C19H29N3O4/c1-12-9-19(6-7-25-12)11-22(10-13(2)26-19)15-8-14(18(3,4)5)20-16(21-15)17(23)24/h8,12-13H,6-7,9-11H2,1-5H3,(H,23,24). The summed E-state index contributed by atoms with van der Waals surface area (Å²) in [6, 6.07) is 1.92. The first-order valence-electron chi connectivity index (χ1n) is 9.25. The monoisotopic (exact) mass is 363 g/mol. The van der Waals surface area contributed by atoms with E-state index in [0.29, 0.717) is 25.5 Å². The average Bonchev–Trinajstić information content (AvgIpc) is 2.52. The van der Waals surface area contributed by atoms with Crippen molar-refractivity contribution in [1.29, 1.82) is 0 Å². The number of carbonyl (C=O) groups is 1. The van der Waals surface area contributed by atoms with Gasteiger partial charge in [-0.15, -0.1) is 0 Å². The molecule has 0 aliphatic carbocycles. The molecule has 1 aromatic rings. The number of aromatic carboxylic acids is 1. The second-order valence-electron chi connectivity index (χ2n) is 8.62. The van der Waals surface area contributed by atoms with E-state index in [1.807, 2.05) is 26.8 Å². The van der Waals surface area contributed by atoms with Crippen LogP contribution in [0.4, 0.5) is 5.82 Å². The Hall–Kier alpha value is -1.73. The van der Waals surface area contributed by atoms with Crippen molar-refractivity contribution in [2.75, 3.05) is 24.6 Å². The van der Waals surface area contributed by atoms with Gasteiger partial charge in [-0.25, -0.2) is 14.8 Å². The highest BCUT2D eigenvalue weighted by Crippen LogP contribution is 2.36. The molecule has 1 spiro atoms. The Bertz CT molecular complexity index is 684. The van der Waals surface area contributed by atoms with Gasteiger partial charge in [0.2, 0.25) is 5.82 Å². The van der Waals surface area contributed by atoms with E-state index in [0.717, 1.165) is 18.5 Å². The van der Waals surface area contributed by atoms with Gasteiger partial charge in [-0.2, -0.15) is 0 Å². The number of nitrogens with zero attached hydrogens (tertiary/aromatic N) is 3. The SMILES string of the molecule is CC1CC2(CCO1)CN(c1cc(C(C)(C)C)nc(C(=O)O)n1)CC(C)O2. The molecule has 26 heavy (non-hydrogen) atoms. The van der Waals surface area contributed by atoms with Crippen molar-refractivity contribution in [1.82, 2.24) is 9.97 Å². The third-order valence-corrected chi connectivity index (χ3v) is 5.02. The molecule has 2 fully saturated rings. The van der Waals surface area contributed by atoms with Gasteiger partial charge in [0.15, 0.2) is 0 Å². The molecule has 7 heteroatoms. The van der Waals surface area contributed by atoms with Crippen LogP contribution in [-0.4, -0.2) is 58.5 Å². The number of anilines is 1. The molecule has 2 aliphatic rings. The summed E-state index contributed by atoms with van der Waals surface area (Å²) in [4.78, 5) is 22.3. The molecule has 144 valence electrons. The van der Waals surface area contributed by atoms with E-state index >= 15 is 0 Å². The summed E-state index contributed by atoms with van der Waals surface area (Å²) in [5.41, 5.74) is 0.199. The zero-order valence-electron chi connectivity index (χ0n) is 16.3. The number of carboxylic acids is 1. The number of hydrogen-bond acceptors (Lipinski definition) is 6. The Kier molecular flexibility index (Phi) is 4.96. The Labute approximate surface area is 154 Å². The molecule has 1 N–H and O–H groups in total. The predicted molar refractivity (Wildman–Crippen MR) is 97.8 cm³/mol. The lowest BCUT2D eigenvalue weighted by molar-refractivity contribution is -0.163. The molecule has 2 aliphatic heterocycles. The maximum atomic E-state index is 11.5. The fourth-order valence-electron chi connectivity index (χ4n) is 3.86. The lowest BCUT2D eigenvalue weighted by Crippen LogP contribution is -2.58. The first-order chi connectivity index (χ1) is 12.1. The van der Waals surface area contributed by atoms with Gasteiger partial charge in [0, 0.05) is 44.0 Å². The van der Waals surface area contributed by atoms with E-state index in [4.69, 9.17) is 9.47 Å². The second-order valence-corrected chi connectivity index (χ2v) is 8.62. The molecular weight excluding hydrogens is 334 g/mol. The van der Waals surface area contributed by atoms with Crippen molar-refractivity contribution in [3.8, 4) is 0 Å². The molecule has 3 rings (SSSR count). The molecule has 0 aromatic carbocycles. The summed E-state index contributed by atoms with van der Waals surface area (Å²) in [6.45, 7) is 12.2. The van der Waals surface area contributed by atoms with Crippen molar-refractivity contribution in [3.63, 3.8) is 0 Å². The normalized spacial score (nSPS) is 29.8. The van der Waals surface area contributed by atoms with Crippen molar-refractivity contribution in [3.05, 3.63) is 17.6 Å². The van der Waals surface area contributed by atoms with Gasteiger partial charge in [-0.3, -0.25) is 0 Å². The van der Waals surface area contributed by atoms with Gasteiger partial charge in [0.1, 0.15) is 5.82 Å². The highest BCUT2D eigenvalue weighted by molar-refractivity contribution is 5.83. The number of carboxylic acid groups (broad SMARTS) is 1. The van der Waals surface area contributed by atoms with Crippen LogP contribution in [0.15, 0.2) is 6.07 Å². The lowest BCUT2D eigenvalue weighted by atomic mass is 9.88. The minimum absolute atomic E-state index is 0.0374. The first kappa shape index (κ1) is 19.0. The fourth-order valence-corrected chi connectivity index (χ4v) is 3.86. The van der Waals surface area contributed by atoms with Crippen molar-refractivity contribution >= 4 is 11.8 Å². The highest BCUT2D eigenvalue weighted by atomic mass is 16.5. The molecule has 3 atom stereocenters. The van der Waals surface area contributed by atoms with Gasteiger partial charge in [0.25, 0.3) is 0 Å². The molecule has 2 saturated heterocycles. The summed E-state index contributed by atoms with van der Waals surface area (Å²) in [5, 5.41) is 9.44. The number of morpholine rings is 1. The number of rotatable bonds is 2.